The Labute approximate surface area is 118 Å². The number of ether oxygens (including phenoxy) is 1. The minimum atomic E-state index is -0.340. The van der Waals surface area contributed by atoms with Gasteiger partial charge in [0.25, 0.3) is 0 Å². The number of nitrogens with one attached hydrogen (secondary N) is 1. The Kier molecular flexibility index (Phi) is 4.37. The maximum Gasteiger partial charge on any atom is 0.137 e. The molecule has 0 unspecified atom stereocenters. The summed E-state index contributed by atoms with van der Waals surface area (Å²) in [7, 11) is 1.49. The molecule has 0 aliphatic carbocycles. The lowest BCUT2D eigenvalue weighted by Crippen LogP contribution is -2.02. The average molecular weight is 328 g/mol. The summed E-state index contributed by atoms with van der Waals surface area (Å²) in [5, 5.41) is 3.03. The van der Waals surface area contributed by atoms with E-state index in [0.29, 0.717) is 28.0 Å². The summed E-state index contributed by atoms with van der Waals surface area (Å²) in [6, 6.07) is 9.23. The Balaban J connectivity index is 2.07. The Morgan fingerprint density at radius 3 is 2.53 bits per heavy atom. The van der Waals surface area contributed by atoms with Gasteiger partial charge in [0, 0.05) is 23.9 Å². The molecule has 19 heavy (non-hydrogen) atoms. The summed E-state index contributed by atoms with van der Waals surface area (Å²) in [6.07, 6.45) is 0. The molecule has 0 spiro atoms. The van der Waals surface area contributed by atoms with Crippen LogP contribution in [-0.2, 0) is 6.54 Å². The highest BCUT2D eigenvalue weighted by Gasteiger charge is 2.05. The number of methoxy groups -OCH3 is 1. The normalized spacial score (nSPS) is 10.3. The van der Waals surface area contributed by atoms with E-state index in [-0.39, 0.29) is 11.6 Å². The molecule has 0 saturated carbocycles. The highest BCUT2D eigenvalue weighted by atomic mass is 79.9. The number of hydrogen-bond donors (Lipinski definition) is 1. The smallest absolute Gasteiger partial charge is 0.137 e. The summed E-state index contributed by atoms with van der Waals surface area (Å²) in [6.45, 7) is 0.313. The fourth-order valence-corrected chi connectivity index (χ4v) is 1.98. The molecule has 0 aromatic heterocycles. The van der Waals surface area contributed by atoms with E-state index in [4.69, 9.17) is 4.74 Å². The molecule has 0 aliphatic heterocycles. The van der Waals surface area contributed by atoms with Crippen molar-refractivity contribution in [2.45, 2.75) is 6.54 Å². The van der Waals surface area contributed by atoms with Crippen molar-refractivity contribution < 1.29 is 13.5 Å². The molecule has 2 aromatic carbocycles. The Bertz CT molecular complexity index is 590. The van der Waals surface area contributed by atoms with Crippen LogP contribution in [0, 0.1) is 11.6 Å². The van der Waals surface area contributed by atoms with Crippen molar-refractivity contribution in [2.24, 2.45) is 0 Å². The third-order valence-electron chi connectivity index (χ3n) is 2.66. The van der Waals surface area contributed by atoms with Crippen molar-refractivity contribution in [3.8, 4) is 5.75 Å². The summed E-state index contributed by atoms with van der Waals surface area (Å²) < 4.78 is 32.1. The van der Waals surface area contributed by atoms with Crippen molar-refractivity contribution in [2.75, 3.05) is 12.4 Å². The van der Waals surface area contributed by atoms with Gasteiger partial charge in [-0.3, -0.25) is 0 Å². The van der Waals surface area contributed by atoms with Gasteiger partial charge in [-0.2, -0.15) is 0 Å². The van der Waals surface area contributed by atoms with E-state index in [1.54, 1.807) is 24.3 Å². The topological polar surface area (TPSA) is 21.3 Å². The molecule has 0 radical (unpaired) electrons. The lowest BCUT2D eigenvalue weighted by atomic mass is 10.2. The standard InChI is InChI=1S/C14H12BrF2NO/c1-19-11-4-2-9(14(17)7-11)8-18-10-3-5-13(16)12(15)6-10/h2-7,18H,8H2,1H3. The third kappa shape index (κ3) is 3.44. The largest absolute Gasteiger partial charge is 0.497 e. The maximum atomic E-state index is 13.7. The summed E-state index contributed by atoms with van der Waals surface area (Å²) in [5.74, 6) is -0.194. The first-order chi connectivity index (χ1) is 9.10. The third-order valence-corrected chi connectivity index (χ3v) is 3.27. The monoisotopic (exact) mass is 327 g/mol. The molecule has 0 atom stereocenters. The predicted molar refractivity (Wildman–Crippen MR) is 74.4 cm³/mol. The second kappa shape index (κ2) is 6.02. The molecule has 0 heterocycles. The van der Waals surface area contributed by atoms with Gasteiger partial charge in [-0.25, -0.2) is 8.78 Å². The van der Waals surface area contributed by atoms with Crippen LogP contribution in [-0.4, -0.2) is 7.11 Å². The molecule has 2 aromatic rings. The Hall–Kier alpha value is -1.62. The first-order valence-electron chi connectivity index (χ1n) is 5.61. The van der Waals surface area contributed by atoms with E-state index in [2.05, 4.69) is 21.2 Å². The van der Waals surface area contributed by atoms with Crippen LogP contribution in [0.1, 0.15) is 5.56 Å². The highest BCUT2D eigenvalue weighted by Crippen LogP contribution is 2.21. The number of halogens is 3. The fourth-order valence-electron chi connectivity index (χ4n) is 1.60. The number of benzene rings is 2. The van der Waals surface area contributed by atoms with Crippen molar-refractivity contribution in [1.29, 1.82) is 0 Å². The molecule has 5 heteroatoms. The van der Waals surface area contributed by atoms with E-state index in [1.807, 2.05) is 0 Å². The molecule has 0 bridgehead atoms. The van der Waals surface area contributed by atoms with Crippen LogP contribution in [0.5, 0.6) is 5.75 Å². The van der Waals surface area contributed by atoms with E-state index in [9.17, 15) is 8.78 Å². The molecular formula is C14H12BrF2NO. The van der Waals surface area contributed by atoms with E-state index >= 15 is 0 Å². The number of hydrogen-bond acceptors (Lipinski definition) is 2. The van der Waals surface area contributed by atoms with E-state index < -0.39 is 0 Å². The van der Waals surface area contributed by atoms with Gasteiger partial charge in [0.1, 0.15) is 17.4 Å². The molecule has 0 aliphatic rings. The van der Waals surface area contributed by atoms with Crippen LogP contribution in [0.3, 0.4) is 0 Å². The molecular weight excluding hydrogens is 316 g/mol. The van der Waals surface area contributed by atoms with Gasteiger partial charge < -0.3 is 10.1 Å². The van der Waals surface area contributed by atoms with Crippen LogP contribution >= 0.6 is 15.9 Å². The summed E-state index contributed by atoms with van der Waals surface area (Å²) in [5.41, 5.74) is 1.23. The Morgan fingerprint density at radius 2 is 1.89 bits per heavy atom. The SMILES string of the molecule is COc1ccc(CNc2ccc(F)c(Br)c2)c(F)c1. The van der Waals surface area contributed by atoms with Gasteiger partial charge in [-0.15, -0.1) is 0 Å². The second-order valence-corrected chi connectivity index (χ2v) is 4.79. The van der Waals surface area contributed by atoms with Gasteiger partial charge in [0.05, 0.1) is 11.6 Å². The van der Waals surface area contributed by atoms with Crippen LogP contribution in [0.4, 0.5) is 14.5 Å². The van der Waals surface area contributed by atoms with Crippen molar-refractivity contribution in [3.05, 3.63) is 58.1 Å². The van der Waals surface area contributed by atoms with Crippen molar-refractivity contribution in [1.82, 2.24) is 0 Å². The zero-order chi connectivity index (χ0) is 13.8. The van der Waals surface area contributed by atoms with Gasteiger partial charge in [-0.1, -0.05) is 6.07 Å². The summed E-state index contributed by atoms with van der Waals surface area (Å²) in [4.78, 5) is 0. The molecule has 1 N–H and O–H groups in total. The minimum Gasteiger partial charge on any atom is -0.497 e. The molecule has 0 fully saturated rings. The minimum absolute atomic E-state index is 0.313. The van der Waals surface area contributed by atoms with Gasteiger partial charge in [-0.05, 0) is 40.2 Å². The lowest BCUT2D eigenvalue weighted by Gasteiger charge is -2.09. The molecule has 2 rings (SSSR count). The summed E-state index contributed by atoms with van der Waals surface area (Å²) >= 11 is 3.10. The average Bonchev–Trinajstić information content (AvgIpc) is 2.41. The number of rotatable bonds is 4. The zero-order valence-corrected chi connectivity index (χ0v) is 11.8. The molecule has 0 saturated heterocycles. The highest BCUT2D eigenvalue weighted by molar-refractivity contribution is 9.10. The number of anilines is 1. The fraction of sp³-hybridized carbons (Fsp3) is 0.143. The van der Waals surface area contributed by atoms with Crippen LogP contribution in [0.25, 0.3) is 0 Å². The first kappa shape index (κ1) is 13.8. The molecule has 0 amide bonds. The Morgan fingerprint density at radius 1 is 1.11 bits per heavy atom. The van der Waals surface area contributed by atoms with Gasteiger partial charge in [0.2, 0.25) is 0 Å². The van der Waals surface area contributed by atoms with Crippen LogP contribution < -0.4 is 10.1 Å². The van der Waals surface area contributed by atoms with Gasteiger partial charge >= 0.3 is 0 Å². The van der Waals surface area contributed by atoms with Crippen molar-refractivity contribution in [3.63, 3.8) is 0 Å². The predicted octanol–water partition coefficient (Wildman–Crippen LogP) is 4.35. The maximum absolute atomic E-state index is 13.7. The van der Waals surface area contributed by atoms with Crippen molar-refractivity contribution >= 4 is 21.6 Å². The first-order valence-corrected chi connectivity index (χ1v) is 6.41. The molecule has 2 nitrogen and oxygen atoms in total. The van der Waals surface area contributed by atoms with E-state index in [1.165, 1.54) is 19.2 Å². The van der Waals surface area contributed by atoms with Gasteiger partial charge in [0.15, 0.2) is 0 Å². The van der Waals surface area contributed by atoms with Crippen LogP contribution in [0.2, 0.25) is 0 Å². The molecule has 100 valence electrons. The zero-order valence-electron chi connectivity index (χ0n) is 10.2. The lowest BCUT2D eigenvalue weighted by molar-refractivity contribution is 0.411. The second-order valence-electron chi connectivity index (χ2n) is 3.94. The van der Waals surface area contributed by atoms with E-state index in [0.717, 1.165) is 0 Å². The quantitative estimate of drug-likeness (QED) is 0.901. The van der Waals surface area contributed by atoms with Crippen LogP contribution in [0.15, 0.2) is 40.9 Å².